The standard InChI is InChI=1S/C54H92O23/c1-23(9-13-33(51(4,5)69)76-49-45(41(65)36(60)29(21-57)73-49)77-48-44(68)39(63)35(59)28(20-56)72-48)24-15-16-54(8)31-12-10-25-26(52(31,6)17-18-53(24,54)7)11-14-32(50(25,2)3)75-47-43(67)40(64)37(61)30(74-47)22-70-46-42(66)38(62)34(58)27(19-55)71-46/h10,23-24,26-49,55-69H,9,11-22H2,1-8H3/t23-,24-,26?,27?,28?,29?,30?,31-,32?,33?,34?,35?,36?,37?,38?,39?,40?,41?,42?,43?,44?,45?,46?,47?,48?,49?,52+,53-,54+/m1/s1. The lowest BCUT2D eigenvalue weighted by atomic mass is 9.39. The van der Waals surface area contributed by atoms with Crippen molar-refractivity contribution in [3.05, 3.63) is 11.6 Å². The Morgan fingerprint density at radius 1 is 0.571 bits per heavy atom. The molecule has 4 aliphatic carbocycles. The van der Waals surface area contributed by atoms with E-state index < -0.39 is 172 Å². The van der Waals surface area contributed by atoms with E-state index in [2.05, 4.69) is 47.6 Å². The molecule has 29 atom stereocenters. The van der Waals surface area contributed by atoms with E-state index in [1.807, 2.05) is 0 Å². The zero-order valence-electron chi connectivity index (χ0n) is 45.8. The summed E-state index contributed by atoms with van der Waals surface area (Å²) < 4.78 is 47.6. The number of rotatable bonds is 17. The Balaban J connectivity index is 0.925. The minimum absolute atomic E-state index is 0.0322. The van der Waals surface area contributed by atoms with Gasteiger partial charge < -0.3 is 114 Å². The first-order valence-corrected chi connectivity index (χ1v) is 27.9. The van der Waals surface area contributed by atoms with E-state index in [4.69, 9.17) is 37.9 Å². The Labute approximate surface area is 450 Å². The molecule has 0 amide bonds. The quantitative estimate of drug-likeness (QED) is 0.0687. The molecule has 0 aromatic rings. The van der Waals surface area contributed by atoms with Crippen molar-refractivity contribution >= 4 is 0 Å². The first-order valence-electron chi connectivity index (χ1n) is 27.9. The third-order valence-electron chi connectivity index (χ3n) is 20.7. The molecule has 4 heterocycles. The zero-order chi connectivity index (χ0) is 56.6. The van der Waals surface area contributed by atoms with Gasteiger partial charge in [0, 0.05) is 5.41 Å². The highest BCUT2D eigenvalue weighted by molar-refractivity contribution is 5.30. The molecule has 23 heteroatoms. The molecule has 23 unspecified atom stereocenters. The van der Waals surface area contributed by atoms with Gasteiger partial charge in [-0.2, -0.15) is 0 Å². The van der Waals surface area contributed by atoms with Crippen LogP contribution in [0.5, 0.6) is 0 Å². The molecule has 0 radical (unpaired) electrons. The summed E-state index contributed by atoms with van der Waals surface area (Å²) in [5.74, 6) is 1.08. The molecule has 0 aromatic heterocycles. The number of fused-ring (bicyclic) bond motifs is 5. The molecule has 0 aromatic carbocycles. The predicted molar refractivity (Wildman–Crippen MR) is 266 cm³/mol. The average Bonchev–Trinajstić information content (AvgIpc) is 3.90. The molecule has 7 fully saturated rings. The number of hydrogen-bond acceptors (Lipinski definition) is 23. The molecule has 77 heavy (non-hydrogen) atoms. The van der Waals surface area contributed by atoms with Crippen molar-refractivity contribution in [1.82, 2.24) is 0 Å². The summed E-state index contributed by atoms with van der Waals surface area (Å²) in [4.78, 5) is 0. The van der Waals surface area contributed by atoms with Gasteiger partial charge in [0.15, 0.2) is 25.2 Å². The second-order valence-corrected chi connectivity index (χ2v) is 25.8. The van der Waals surface area contributed by atoms with Crippen LogP contribution in [0.4, 0.5) is 0 Å². The molecular formula is C54H92O23. The molecule has 8 rings (SSSR count). The lowest BCUT2D eigenvalue weighted by Crippen LogP contribution is -2.65. The Morgan fingerprint density at radius 2 is 1.08 bits per heavy atom. The van der Waals surface area contributed by atoms with Gasteiger partial charge in [0.1, 0.15) is 97.7 Å². The summed E-state index contributed by atoms with van der Waals surface area (Å²) in [6.07, 6.45) is -23.1. The van der Waals surface area contributed by atoms with E-state index in [1.165, 1.54) is 5.57 Å². The van der Waals surface area contributed by atoms with Gasteiger partial charge in [0.05, 0.1) is 44.2 Å². The third kappa shape index (κ3) is 11.1. The van der Waals surface area contributed by atoms with Gasteiger partial charge in [-0.1, -0.05) is 53.2 Å². The summed E-state index contributed by atoms with van der Waals surface area (Å²) in [5, 5.41) is 159. The molecule has 4 saturated heterocycles. The summed E-state index contributed by atoms with van der Waals surface area (Å²) in [6.45, 7) is 14.5. The van der Waals surface area contributed by atoms with Crippen LogP contribution >= 0.6 is 0 Å². The van der Waals surface area contributed by atoms with Gasteiger partial charge in [-0.15, -0.1) is 0 Å². The fourth-order valence-electron chi connectivity index (χ4n) is 15.6. The first kappa shape index (κ1) is 61.9. The summed E-state index contributed by atoms with van der Waals surface area (Å²) in [7, 11) is 0. The van der Waals surface area contributed by atoms with Crippen molar-refractivity contribution in [2.45, 2.75) is 254 Å². The lowest BCUT2D eigenvalue weighted by Gasteiger charge is -2.66. The van der Waals surface area contributed by atoms with Gasteiger partial charge in [0.25, 0.3) is 0 Å². The van der Waals surface area contributed by atoms with E-state index >= 15 is 0 Å². The van der Waals surface area contributed by atoms with Crippen molar-refractivity contribution in [3.8, 4) is 0 Å². The maximum atomic E-state index is 11.6. The van der Waals surface area contributed by atoms with Gasteiger partial charge in [-0.25, -0.2) is 0 Å². The van der Waals surface area contributed by atoms with Gasteiger partial charge in [0.2, 0.25) is 0 Å². The average molecular weight is 1110 g/mol. The molecule has 23 nitrogen and oxygen atoms in total. The predicted octanol–water partition coefficient (Wildman–Crippen LogP) is -2.20. The van der Waals surface area contributed by atoms with E-state index in [1.54, 1.807) is 13.8 Å². The van der Waals surface area contributed by atoms with E-state index in [-0.39, 0.29) is 28.1 Å². The van der Waals surface area contributed by atoms with Crippen molar-refractivity contribution < 1.29 is 114 Å². The minimum atomic E-state index is -1.83. The SMILES string of the molecule is C[C@H](CCC(OC1OC(CO)C(O)C(O)C1OC1OC(CO)C(O)C(O)C1O)C(C)(C)O)[C@H]1CC[C@@]2(C)[C@@H]3CC=C4C(CCC(OC5OC(COC6OC(CO)C(O)C(O)C6O)C(O)C(O)C5O)C4(C)C)[C@]3(C)CC[C@]12C. The van der Waals surface area contributed by atoms with Crippen LogP contribution in [0.1, 0.15) is 113 Å². The molecule has 8 aliphatic rings. The Kier molecular flexibility index (Phi) is 18.9. The highest BCUT2D eigenvalue weighted by atomic mass is 16.8. The van der Waals surface area contributed by atoms with Crippen LogP contribution < -0.4 is 0 Å². The normalized spacial score (nSPS) is 51.0. The topological polar surface area (TPSA) is 377 Å². The van der Waals surface area contributed by atoms with Crippen LogP contribution in [-0.2, 0) is 37.9 Å². The van der Waals surface area contributed by atoms with Crippen LogP contribution in [-0.4, -0.2) is 244 Å². The van der Waals surface area contributed by atoms with E-state index in [0.717, 1.165) is 38.5 Å². The smallest absolute Gasteiger partial charge is 0.187 e. The zero-order valence-corrected chi connectivity index (χ0v) is 45.8. The highest BCUT2D eigenvalue weighted by Gasteiger charge is 2.68. The van der Waals surface area contributed by atoms with E-state index in [9.17, 15) is 76.6 Å². The largest absolute Gasteiger partial charge is 0.394 e. The van der Waals surface area contributed by atoms with Crippen LogP contribution in [0.15, 0.2) is 11.6 Å². The molecule has 15 N–H and O–H groups in total. The van der Waals surface area contributed by atoms with Gasteiger partial charge >= 0.3 is 0 Å². The fraction of sp³-hybridized carbons (Fsp3) is 0.963. The highest BCUT2D eigenvalue weighted by Crippen LogP contribution is 2.75. The molecule has 0 spiro atoms. The maximum Gasteiger partial charge on any atom is 0.187 e. The number of hydrogen-bond donors (Lipinski definition) is 15. The lowest BCUT2D eigenvalue weighted by molar-refractivity contribution is -0.375. The van der Waals surface area contributed by atoms with Crippen molar-refractivity contribution in [3.63, 3.8) is 0 Å². The summed E-state index contributed by atoms with van der Waals surface area (Å²) in [6, 6.07) is 0. The summed E-state index contributed by atoms with van der Waals surface area (Å²) in [5.41, 5.74) is -0.842. The van der Waals surface area contributed by atoms with Crippen molar-refractivity contribution in [1.29, 1.82) is 0 Å². The monoisotopic (exact) mass is 1110 g/mol. The van der Waals surface area contributed by atoms with E-state index in [0.29, 0.717) is 31.1 Å². The van der Waals surface area contributed by atoms with Gasteiger partial charge in [-0.05, 0) is 112 Å². The maximum absolute atomic E-state index is 11.6. The van der Waals surface area contributed by atoms with Gasteiger partial charge in [-0.3, -0.25) is 0 Å². The third-order valence-corrected chi connectivity index (χ3v) is 20.7. The Bertz CT molecular complexity index is 1990. The first-order chi connectivity index (χ1) is 36.0. The number of aliphatic hydroxyl groups excluding tert-OH is 14. The molecule has 3 saturated carbocycles. The number of aliphatic hydroxyl groups is 15. The van der Waals surface area contributed by atoms with Crippen LogP contribution in [0, 0.1) is 45.3 Å². The number of ether oxygens (including phenoxy) is 8. The molecular weight excluding hydrogens is 1020 g/mol. The van der Waals surface area contributed by atoms with Crippen molar-refractivity contribution in [2.24, 2.45) is 45.3 Å². The fourth-order valence-corrected chi connectivity index (χ4v) is 15.6. The Hall–Kier alpha value is -1.18. The van der Waals surface area contributed by atoms with Crippen LogP contribution in [0.25, 0.3) is 0 Å². The summed E-state index contributed by atoms with van der Waals surface area (Å²) >= 11 is 0. The molecule has 0 bridgehead atoms. The Morgan fingerprint density at radius 3 is 1.65 bits per heavy atom. The second kappa shape index (κ2) is 23.5. The van der Waals surface area contributed by atoms with Crippen LogP contribution in [0.3, 0.4) is 0 Å². The molecule has 446 valence electrons. The minimum Gasteiger partial charge on any atom is -0.394 e. The van der Waals surface area contributed by atoms with Crippen LogP contribution in [0.2, 0.25) is 0 Å². The number of allylic oxidation sites excluding steroid dienone is 1. The van der Waals surface area contributed by atoms with Crippen molar-refractivity contribution in [2.75, 3.05) is 26.4 Å². The molecule has 4 aliphatic heterocycles. The second-order valence-electron chi connectivity index (χ2n) is 25.8.